The van der Waals surface area contributed by atoms with Crippen molar-refractivity contribution in [1.29, 1.82) is 0 Å². The molecular weight excluding hydrogens is 323 g/mol. The maximum atomic E-state index is 13.8. The lowest BCUT2D eigenvalue weighted by Crippen LogP contribution is -2.31. The summed E-state index contributed by atoms with van der Waals surface area (Å²) in [6.07, 6.45) is 1.67. The minimum Gasteiger partial charge on any atom is -0.273 e. The van der Waals surface area contributed by atoms with Crippen LogP contribution in [0.4, 0.5) is 4.39 Å². The van der Waals surface area contributed by atoms with E-state index in [1.54, 1.807) is 12.3 Å². The van der Waals surface area contributed by atoms with Gasteiger partial charge in [-0.15, -0.1) is 0 Å². The van der Waals surface area contributed by atoms with Crippen molar-refractivity contribution in [3.05, 3.63) is 61.9 Å². The molecule has 1 N–H and O–H groups in total. The van der Waals surface area contributed by atoms with E-state index in [9.17, 15) is 14.0 Å². The predicted molar refractivity (Wildman–Crippen MR) is 96.0 cm³/mol. The number of nitrogens with zero attached hydrogens (tertiary/aromatic N) is 3. The third-order valence-electron chi connectivity index (χ3n) is 3.94. The molecule has 7 heteroatoms. The summed E-state index contributed by atoms with van der Waals surface area (Å²) in [6, 6.07) is 2.88. The first-order valence-corrected chi connectivity index (χ1v) is 7.59. The van der Waals surface area contributed by atoms with Gasteiger partial charge in [-0.05, 0) is 37.5 Å². The topological polar surface area (TPSA) is 80.6 Å². The maximum Gasteiger partial charge on any atom is 0.334 e. The SMILES string of the molecule is C.Cc1ccnc(C(C)C)c1-n1c(=O)[nH]c(=O)c2cc(F)c(C)nc21. The van der Waals surface area contributed by atoms with E-state index in [1.165, 1.54) is 11.5 Å². The fraction of sp³-hybridized carbons (Fsp3) is 0.333. The first-order chi connectivity index (χ1) is 11.3. The van der Waals surface area contributed by atoms with E-state index in [2.05, 4.69) is 15.0 Å². The van der Waals surface area contributed by atoms with Crippen LogP contribution in [-0.4, -0.2) is 19.5 Å². The molecule has 25 heavy (non-hydrogen) atoms. The van der Waals surface area contributed by atoms with Crippen LogP contribution in [0.25, 0.3) is 16.7 Å². The number of halogens is 1. The van der Waals surface area contributed by atoms with Gasteiger partial charge >= 0.3 is 5.69 Å². The zero-order valence-electron chi connectivity index (χ0n) is 13.8. The second-order valence-corrected chi connectivity index (χ2v) is 6.04. The van der Waals surface area contributed by atoms with Crippen LogP contribution in [0.3, 0.4) is 0 Å². The van der Waals surface area contributed by atoms with Crippen LogP contribution in [-0.2, 0) is 0 Å². The van der Waals surface area contributed by atoms with Crippen LogP contribution in [0.1, 0.15) is 44.1 Å². The van der Waals surface area contributed by atoms with E-state index in [4.69, 9.17) is 0 Å². The molecule has 132 valence electrons. The van der Waals surface area contributed by atoms with Gasteiger partial charge in [-0.3, -0.25) is 14.8 Å². The van der Waals surface area contributed by atoms with Crippen molar-refractivity contribution in [2.75, 3.05) is 0 Å². The Labute approximate surface area is 144 Å². The normalized spacial score (nSPS) is 11.0. The molecule has 3 rings (SSSR count). The molecule has 0 aliphatic heterocycles. The predicted octanol–water partition coefficient (Wildman–Crippen LogP) is 2.98. The van der Waals surface area contributed by atoms with Crippen LogP contribution < -0.4 is 11.2 Å². The number of H-pyrrole nitrogens is 1. The molecule has 0 bridgehead atoms. The monoisotopic (exact) mass is 344 g/mol. The van der Waals surface area contributed by atoms with Gasteiger partial charge in [0.05, 0.1) is 22.5 Å². The highest BCUT2D eigenvalue weighted by molar-refractivity contribution is 5.76. The molecule has 3 heterocycles. The minimum atomic E-state index is -0.662. The summed E-state index contributed by atoms with van der Waals surface area (Å²) in [6.45, 7) is 7.26. The first-order valence-electron chi connectivity index (χ1n) is 7.59. The molecule has 0 saturated heterocycles. The number of nitrogens with one attached hydrogen (secondary N) is 1. The lowest BCUT2D eigenvalue weighted by Gasteiger charge is -2.17. The molecule has 3 aromatic rings. The van der Waals surface area contributed by atoms with E-state index in [0.29, 0.717) is 11.4 Å². The van der Waals surface area contributed by atoms with Crippen molar-refractivity contribution in [2.24, 2.45) is 0 Å². The zero-order valence-corrected chi connectivity index (χ0v) is 13.8. The molecule has 0 unspecified atom stereocenters. The molecule has 0 amide bonds. The molecule has 0 atom stereocenters. The van der Waals surface area contributed by atoms with Gasteiger partial charge in [0.2, 0.25) is 0 Å². The van der Waals surface area contributed by atoms with E-state index in [0.717, 1.165) is 11.6 Å². The Morgan fingerprint density at radius 3 is 2.56 bits per heavy atom. The molecule has 3 aromatic heterocycles. The summed E-state index contributed by atoms with van der Waals surface area (Å²) in [5, 5.41) is 0.0238. The average Bonchev–Trinajstić information content (AvgIpc) is 2.50. The Hall–Kier alpha value is -2.83. The van der Waals surface area contributed by atoms with E-state index < -0.39 is 17.1 Å². The number of aromatic nitrogens is 4. The summed E-state index contributed by atoms with van der Waals surface area (Å²) in [7, 11) is 0. The maximum absolute atomic E-state index is 13.8. The zero-order chi connectivity index (χ0) is 17.6. The van der Waals surface area contributed by atoms with Gasteiger partial charge in [0.1, 0.15) is 5.82 Å². The Morgan fingerprint density at radius 1 is 1.24 bits per heavy atom. The van der Waals surface area contributed by atoms with Crippen molar-refractivity contribution in [3.8, 4) is 5.69 Å². The summed E-state index contributed by atoms with van der Waals surface area (Å²) in [4.78, 5) is 35.3. The Morgan fingerprint density at radius 2 is 1.92 bits per heavy atom. The molecule has 0 spiro atoms. The number of rotatable bonds is 2. The lowest BCUT2D eigenvalue weighted by molar-refractivity contribution is 0.611. The summed E-state index contributed by atoms with van der Waals surface area (Å²) >= 11 is 0. The molecule has 0 saturated carbocycles. The van der Waals surface area contributed by atoms with Crippen LogP contribution in [0.5, 0.6) is 0 Å². The highest BCUT2D eigenvalue weighted by atomic mass is 19.1. The van der Waals surface area contributed by atoms with Crippen molar-refractivity contribution in [2.45, 2.75) is 41.0 Å². The van der Waals surface area contributed by atoms with Crippen molar-refractivity contribution in [1.82, 2.24) is 19.5 Å². The summed E-state index contributed by atoms with van der Waals surface area (Å²) in [5.41, 5.74) is 1.04. The molecule has 0 aliphatic rings. The molecule has 6 nitrogen and oxygen atoms in total. The Balaban J connectivity index is 0.00000225. The van der Waals surface area contributed by atoms with Gasteiger partial charge in [0.25, 0.3) is 5.56 Å². The van der Waals surface area contributed by atoms with Gasteiger partial charge in [0.15, 0.2) is 5.65 Å². The smallest absolute Gasteiger partial charge is 0.273 e. The highest BCUT2D eigenvalue weighted by Crippen LogP contribution is 2.25. The molecule has 0 fully saturated rings. The number of hydrogen-bond donors (Lipinski definition) is 1. The third-order valence-corrected chi connectivity index (χ3v) is 3.94. The highest BCUT2D eigenvalue weighted by Gasteiger charge is 2.19. The Kier molecular flexibility index (Phi) is 4.87. The quantitative estimate of drug-likeness (QED) is 0.775. The van der Waals surface area contributed by atoms with Gasteiger partial charge in [-0.1, -0.05) is 21.3 Å². The largest absolute Gasteiger partial charge is 0.334 e. The van der Waals surface area contributed by atoms with Crippen LogP contribution in [0.15, 0.2) is 27.9 Å². The second-order valence-electron chi connectivity index (χ2n) is 6.04. The number of hydrogen-bond acceptors (Lipinski definition) is 4. The number of aryl methyl sites for hydroxylation is 2. The third kappa shape index (κ3) is 2.97. The fourth-order valence-electron chi connectivity index (χ4n) is 2.71. The molecule has 0 radical (unpaired) electrons. The average molecular weight is 344 g/mol. The summed E-state index contributed by atoms with van der Waals surface area (Å²) < 4.78 is 15.1. The Bertz CT molecular complexity index is 1070. The lowest BCUT2D eigenvalue weighted by atomic mass is 10.0. The van der Waals surface area contributed by atoms with Crippen LogP contribution in [0.2, 0.25) is 0 Å². The van der Waals surface area contributed by atoms with E-state index >= 15 is 0 Å². The number of fused-ring (bicyclic) bond motifs is 1. The van der Waals surface area contributed by atoms with Gasteiger partial charge in [-0.2, -0.15) is 0 Å². The first kappa shape index (κ1) is 18.5. The van der Waals surface area contributed by atoms with Crippen LogP contribution in [0, 0.1) is 19.7 Å². The van der Waals surface area contributed by atoms with Crippen molar-refractivity contribution in [3.63, 3.8) is 0 Å². The number of aromatic amines is 1. The van der Waals surface area contributed by atoms with E-state index in [1.807, 2.05) is 20.8 Å². The fourth-order valence-corrected chi connectivity index (χ4v) is 2.71. The minimum absolute atomic E-state index is 0. The van der Waals surface area contributed by atoms with Gasteiger partial charge in [-0.25, -0.2) is 18.7 Å². The van der Waals surface area contributed by atoms with Crippen molar-refractivity contribution < 1.29 is 4.39 Å². The van der Waals surface area contributed by atoms with Gasteiger partial charge in [0, 0.05) is 6.20 Å². The summed E-state index contributed by atoms with van der Waals surface area (Å²) in [5.74, 6) is -0.541. The van der Waals surface area contributed by atoms with Crippen LogP contribution >= 0.6 is 0 Å². The van der Waals surface area contributed by atoms with Gasteiger partial charge < -0.3 is 0 Å². The standard InChI is InChI=1S/C17H17FN4O2.CH4/c1-8(2)13-14(9(3)5-6-19-13)22-15-11(16(23)21-17(22)24)7-12(18)10(4)20-15;/h5-8H,1-4H3,(H,21,23,24);1H4. The molecular formula is C18H21FN4O2. The second kappa shape index (κ2) is 6.58. The molecule has 0 aliphatic carbocycles. The number of pyridine rings is 2. The van der Waals surface area contributed by atoms with Crippen molar-refractivity contribution >= 4 is 11.0 Å². The van der Waals surface area contributed by atoms with E-state index in [-0.39, 0.29) is 30.1 Å². The molecule has 0 aromatic carbocycles.